The maximum Gasteiger partial charge on any atom is 0.271 e. The quantitative estimate of drug-likeness (QED) is 0.916. The van der Waals surface area contributed by atoms with E-state index in [2.05, 4.69) is 33.7 Å². The highest BCUT2D eigenvalue weighted by Gasteiger charge is 2.22. The van der Waals surface area contributed by atoms with E-state index in [-0.39, 0.29) is 11.9 Å². The zero-order valence-corrected chi connectivity index (χ0v) is 14.8. The SMILES string of the molecule is CC(CNC(=O)c1ccn(C(C)C)n1)N1CCc2sccc2C1. The molecule has 1 N–H and O–H groups in total. The van der Waals surface area contributed by atoms with Gasteiger partial charge in [0.2, 0.25) is 0 Å². The minimum Gasteiger partial charge on any atom is -0.349 e. The van der Waals surface area contributed by atoms with Crippen LogP contribution in [-0.2, 0) is 13.0 Å². The summed E-state index contributed by atoms with van der Waals surface area (Å²) in [7, 11) is 0. The lowest BCUT2D eigenvalue weighted by Crippen LogP contribution is -2.44. The summed E-state index contributed by atoms with van der Waals surface area (Å²) in [4.78, 5) is 16.2. The molecule has 1 atom stereocenters. The Balaban J connectivity index is 1.52. The van der Waals surface area contributed by atoms with E-state index in [4.69, 9.17) is 0 Å². The van der Waals surface area contributed by atoms with E-state index in [1.54, 1.807) is 10.7 Å². The number of aromatic nitrogens is 2. The van der Waals surface area contributed by atoms with Crippen LogP contribution in [0.2, 0.25) is 0 Å². The fourth-order valence-corrected chi connectivity index (χ4v) is 3.74. The van der Waals surface area contributed by atoms with Gasteiger partial charge < -0.3 is 5.32 Å². The highest BCUT2D eigenvalue weighted by atomic mass is 32.1. The minimum atomic E-state index is -0.0931. The van der Waals surface area contributed by atoms with Gasteiger partial charge in [-0.25, -0.2) is 0 Å². The molecule has 0 aromatic carbocycles. The van der Waals surface area contributed by atoms with Gasteiger partial charge in [-0.2, -0.15) is 5.10 Å². The number of thiophene rings is 1. The number of rotatable bonds is 5. The Morgan fingerprint density at radius 3 is 2.96 bits per heavy atom. The highest BCUT2D eigenvalue weighted by molar-refractivity contribution is 7.10. The summed E-state index contributed by atoms with van der Waals surface area (Å²) < 4.78 is 1.81. The zero-order valence-electron chi connectivity index (χ0n) is 14.0. The van der Waals surface area contributed by atoms with Gasteiger partial charge in [-0.05, 0) is 50.3 Å². The maximum atomic E-state index is 12.2. The Hall–Kier alpha value is -1.66. The molecule has 1 aliphatic heterocycles. The van der Waals surface area contributed by atoms with E-state index in [1.807, 2.05) is 31.4 Å². The molecule has 3 rings (SSSR count). The first-order valence-electron chi connectivity index (χ1n) is 8.17. The molecule has 0 aliphatic carbocycles. The molecule has 0 saturated carbocycles. The predicted octanol–water partition coefficient (Wildman–Crippen LogP) is 2.70. The van der Waals surface area contributed by atoms with Crippen LogP contribution >= 0.6 is 11.3 Å². The molecule has 2 aromatic heterocycles. The molecule has 0 spiro atoms. The maximum absolute atomic E-state index is 12.2. The van der Waals surface area contributed by atoms with E-state index in [9.17, 15) is 4.79 Å². The number of carbonyl (C=O) groups is 1. The predicted molar refractivity (Wildman–Crippen MR) is 92.8 cm³/mol. The van der Waals surface area contributed by atoms with Crippen molar-refractivity contribution in [3.63, 3.8) is 0 Å². The lowest BCUT2D eigenvalue weighted by Gasteiger charge is -2.32. The van der Waals surface area contributed by atoms with Gasteiger partial charge in [-0.3, -0.25) is 14.4 Å². The van der Waals surface area contributed by atoms with Crippen LogP contribution in [-0.4, -0.2) is 39.7 Å². The molecule has 0 saturated heterocycles. The van der Waals surface area contributed by atoms with Crippen LogP contribution in [0.5, 0.6) is 0 Å². The van der Waals surface area contributed by atoms with Gasteiger partial charge in [0.15, 0.2) is 0 Å². The number of amides is 1. The summed E-state index contributed by atoms with van der Waals surface area (Å²) in [5, 5.41) is 9.50. The van der Waals surface area contributed by atoms with Crippen molar-refractivity contribution in [2.45, 2.75) is 45.8 Å². The standard InChI is InChI=1S/C17H24N4OS/c1-12(2)21-8-4-15(19-21)17(22)18-10-13(3)20-7-5-16-14(11-20)6-9-23-16/h4,6,8-9,12-13H,5,7,10-11H2,1-3H3,(H,18,22). The molecule has 0 bridgehead atoms. The number of nitrogens with one attached hydrogen (secondary N) is 1. The first kappa shape index (κ1) is 16.2. The molecular weight excluding hydrogens is 308 g/mol. The third-order valence-electron chi connectivity index (χ3n) is 4.39. The minimum absolute atomic E-state index is 0.0931. The summed E-state index contributed by atoms with van der Waals surface area (Å²) in [5.41, 5.74) is 1.93. The Morgan fingerprint density at radius 1 is 1.39 bits per heavy atom. The van der Waals surface area contributed by atoms with Crippen LogP contribution < -0.4 is 5.32 Å². The first-order valence-corrected chi connectivity index (χ1v) is 9.05. The summed E-state index contributed by atoms with van der Waals surface area (Å²) in [5.74, 6) is -0.0931. The van der Waals surface area contributed by atoms with Gasteiger partial charge >= 0.3 is 0 Å². The van der Waals surface area contributed by atoms with Crippen LogP contribution in [0.4, 0.5) is 0 Å². The molecular formula is C17H24N4OS. The number of nitrogens with zero attached hydrogens (tertiary/aromatic N) is 3. The van der Waals surface area contributed by atoms with Crippen molar-refractivity contribution < 1.29 is 4.79 Å². The highest BCUT2D eigenvalue weighted by Crippen LogP contribution is 2.24. The second kappa shape index (κ2) is 6.84. The molecule has 0 fully saturated rings. The molecule has 23 heavy (non-hydrogen) atoms. The van der Waals surface area contributed by atoms with Gasteiger partial charge in [0.1, 0.15) is 5.69 Å². The van der Waals surface area contributed by atoms with Gasteiger partial charge in [0, 0.05) is 42.8 Å². The van der Waals surface area contributed by atoms with Crippen molar-refractivity contribution >= 4 is 17.2 Å². The van der Waals surface area contributed by atoms with Crippen molar-refractivity contribution in [2.75, 3.05) is 13.1 Å². The summed E-state index contributed by atoms with van der Waals surface area (Å²) >= 11 is 1.85. The fraction of sp³-hybridized carbons (Fsp3) is 0.529. The van der Waals surface area contributed by atoms with Crippen molar-refractivity contribution in [3.05, 3.63) is 39.8 Å². The van der Waals surface area contributed by atoms with Crippen LogP contribution in [0.1, 0.15) is 47.7 Å². The van der Waals surface area contributed by atoms with E-state index in [0.29, 0.717) is 18.3 Å². The molecule has 6 heteroatoms. The Bertz CT molecular complexity index is 676. The molecule has 1 unspecified atom stereocenters. The molecule has 1 aliphatic rings. The number of hydrogen-bond acceptors (Lipinski definition) is 4. The lowest BCUT2D eigenvalue weighted by molar-refractivity contribution is 0.0926. The van der Waals surface area contributed by atoms with Crippen molar-refractivity contribution in [1.29, 1.82) is 0 Å². The van der Waals surface area contributed by atoms with Gasteiger partial charge in [0.25, 0.3) is 5.91 Å². The Labute approximate surface area is 141 Å². The van der Waals surface area contributed by atoms with Crippen LogP contribution in [0.3, 0.4) is 0 Å². The van der Waals surface area contributed by atoms with Gasteiger partial charge in [0.05, 0.1) is 0 Å². The fourth-order valence-electron chi connectivity index (χ4n) is 2.85. The van der Waals surface area contributed by atoms with Crippen LogP contribution in [0, 0.1) is 0 Å². The molecule has 2 aromatic rings. The average molecular weight is 332 g/mol. The monoisotopic (exact) mass is 332 g/mol. The second-order valence-electron chi connectivity index (χ2n) is 6.42. The number of fused-ring (bicyclic) bond motifs is 1. The number of hydrogen-bond donors (Lipinski definition) is 1. The van der Waals surface area contributed by atoms with E-state index < -0.39 is 0 Å². The average Bonchev–Trinajstić information content (AvgIpc) is 3.20. The van der Waals surface area contributed by atoms with Gasteiger partial charge in [-0.1, -0.05) is 0 Å². The van der Waals surface area contributed by atoms with E-state index in [0.717, 1.165) is 19.5 Å². The zero-order chi connectivity index (χ0) is 16.4. The smallest absolute Gasteiger partial charge is 0.271 e. The molecule has 1 amide bonds. The summed E-state index contributed by atoms with van der Waals surface area (Å²) in [6.07, 6.45) is 2.97. The third kappa shape index (κ3) is 3.64. The largest absolute Gasteiger partial charge is 0.349 e. The Morgan fingerprint density at radius 2 is 2.22 bits per heavy atom. The van der Waals surface area contributed by atoms with E-state index in [1.165, 1.54) is 10.4 Å². The summed E-state index contributed by atoms with van der Waals surface area (Å²) in [6.45, 7) is 8.96. The van der Waals surface area contributed by atoms with Gasteiger partial charge in [-0.15, -0.1) is 11.3 Å². The van der Waals surface area contributed by atoms with Crippen molar-refractivity contribution in [1.82, 2.24) is 20.0 Å². The molecule has 0 radical (unpaired) electrons. The normalized spacial score (nSPS) is 16.3. The number of carbonyl (C=O) groups excluding carboxylic acids is 1. The molecule has 124 valence electrons. The van der Waals surface area contributed by atoms with Crippen molar-refractivity contribution in [3.8, 4) is 0 Å². The Kier molecular flexibility index (Phi) is 4.82. The summed E-state index contributed by atoms with van der Waals surface area (Å²) in [6, 6.07) is 4.58. The molecule has 5 nitrogen and oxygen atoms in total. The van der Waals surface area contributed by atoms with E-state index >= 15 is 0 Å². The van der Waals surface area contributed by atoms with Crippen LogP contribution in [0.15, 0.2) is 23.7 Å². The molecule has 3 heterocycles. The van der Waals surface area contributed by atoms with Crippen molar-refractivity contribution in [2.24, 2.45) is 0 Å². The third-order valence-corrected chi connectivity index (χ3v) is 5.41. The van der Waals surface area contributed by atoms with Crippen LogP contribution in [0.25, 0.3) is 0 Å². The lowest BCUT2D eigenvalue weighted by atomic mass is 10.1. The second-order valence-corrected chi connectivity index (χ2v) is 7.42. The topological polar surface area (TPSA) is 50.2 Å². The first-order chi connectivity index (χ1) is 11.0.